The van der Waals surface area contributed by atoms with Crippen LogP contribution in [0.25, 0.3) is 0 Å². The molecule has 1 aromatic rings. The third-order valence-electron chi connectivity index (χ3n) is 3.14. The first-order valence-electron chi connectivity index (χ1n) is 7.21. The first-order valence-corrected chi connectivity index (χ1v) is 7.21. The number of carbonyl (C=O) groups is 3. The minimum Gasteiger partial charge on any atom is -0.360 e. The average Bonchev–Trinajstić information content (AvgIpc) is 2.87. The van der Waals surface area contributed by atoms with Crippen molar-refractivity contribution >= 4 is 23.5 Å². The zero-order chi connectivity index (χ0) is 17.6. The monoisotopic (exact) mass is 325 g/mol. The van der Waals surface area contributed by atoms with Crippen LogP contribution in [0.15, 0.2) is 10.6 Å². The first-order chi connectivity index (χ1) is 10.7. The summed E-state index contributed by atoms with van der Waals surface area (Å²) >= 11 is 0. The van der Waals surface area contributed by atoms with Crippen molar-refractivity contribution in [3.05, 3.63) is 11.8 Å². The summed E-state index contributed by atoms with van der Waals surface area (Å²) in [6.45, 7) is 4.94. The molecule has 1 aromatic heterocycles. The number of anilines is 1. The van der Waals surface area contributed by atoms with Crippen LogP contribution in [0.3, 0.4) is 0 Å². The predicted molar refractivity (Wildman–Crippen MR) is 83.3 cm³/mol. The van der Waals surface area contributed by atoms with Gasteiger partial charge in [-0.3, -0.25) is 14.4 Å². The number of hydrogen-bond acceptors (Lipinski definition) is 6. The number of aryl methyl sites for hydroxylation is 1. The largest absolute Gasteiger partial charge is 0.360 e. The summed E-state index contributed by atoms with van der Waals surface area (Å²) < 4.78 is 4.82. The molecule has 0 saturated carbocycles. The lowest BCUT2D eigenvalue weighted by atomic mass is 10.1. The Kier molecular flexibility index (Phi) is 6.70. The highest BCUT2D eigenvalue weighted by molar-refractivity contribution is 5.94. The van der Waals surface area contributed by atoms with Crippen molar-refractivity contribution in [2.24, 2.45) is 11.7 Å². The maximum absolute atomic E-state index is 11.9. The van der Waals surface area contributed by atoms with E-state index in [1.807, 2.05) is 13.8 Å². The quantitative estimate of drug-likeness (QED) is 0.618. The number of nitrogens with zero attached hydrogens (tertiary/aromatic N) is 2. The Morgan fingerprint density at radius 1 is 1.39 bits per heavy atom. The van der Waals surface area contributed by atoms with Gasteiger partial charge >= 0.3 is 0 Å². The topological polar surface area (TPSA) is 131 Å². The van der Waals surface area contributed by atoms with Crippen molar-refractivity contribution in [1.82, 2.24) is 15.4 Å². The fourth-order valence-corrected chi connectivity index (χ4v) is 1.63. The molecule has 0 aromatic carbocycles. The number of hydrogen-bond donors (Lipinski definition) is 3. The molecular formula is C14H23N5O4. The van der Waals surface area contributed by atoms with Gasteiger partial charge in [0.2, 0.25) is 17.7 Å². The highest BCUT2D eigenvalue weighted by Crippen LogP contribution is 2.06. The average molecular weight is 325 g/mol. The van der Waals surface area contributed by atoms with Crippen molar-refractivity contribution in [2.75, 3.05) is 25.5 Å². The summed E-state index contributed by atoms with van der Waals surface area (Å²) in [7, 11) is 1.46. The molecule has 9 nitrogen and oxygen atoms in total. The summed E-state index contributed by atoms with van der Waals surface area (Å²) in [4.78, 5) is 36.5. The molecule has 0 bridgehead atoms. The van der Waals surface area contributed by atoms with E-state index in [4.69, 9.17) is 10.3 Å². The van der Waals surface area contributed by atoms with Gasteiger partial charge in [-0.2, -0.15) is 0 Å². The van der Waals surface area contributed by atoms with Crippen LogP contribution in [0.5, 0.6) is 0 Å². The minimum atomic E-state index is -0.674. The summed E-state index contributed by atoms with van der Waals surface area (Å²) in [5, 5.41) is 8.58. The SMILES string of the molecule is Cc1cc(NC(=O)CN(C)C(=O)CNC(=O)[C@@H](N)C(C)C)no1. The Balaban J connectivity index is 2.38. The fraction of sp³-hybridized carbons (Fsp3) is 0.571. The van der Waals surface area contributed by atoms with Crippen LogP contribution in [0.4, 0.5) is 5.82 Å². The molecule has 0 radical (unpaired) electrons. The van der Waals surface area contributed by atoms with Crippen LogP contribution in [0.1, 0.15) is 19.6 Å². The van der Waals surface area contributed by atoms with Crippen LogP contribution < -0.4 is 16.4 Å². The molecule has 0 fully saturated rings. The fourth-order valence-electron chi connectivity index (χ4n) is 1.63. The van der Waals surface area contributed by atoms with Crippen LogP contribution in [-0.4, -0.2) is 54.0 Å². The molecule has 0 spiro atoms. The van der Waals surface area contributed by atoms with E-state index < -0.39 is 23.8 Å². The van der Waals surface area contributed by atoms with E-state index in [9.17, 15) is 14.4 Å². The van der Waals surface area contributed by atoms with Crippen molar-refractivity contribution in [3.63, 3.8) is 0 Å². The van der Waals surface area contributed by atoms with Gasteiger partial charge in [-0.1, -0.05) is 19.0 Å². The zero-order valence-electron chi connectivity index (χ0n) is 13.8. The van der Waals surface area contributed by atoms with Gasteiger partial charge in [-0.15, -0.1) is 0 Å². The van der Waals surface area contributed by atoms with Gasteiger partial charge in [-0.25, -0.2) is 0 Å². The van der Waals surface area contributed by atoms with E-state index in [1.54, 1.807) is 13.0 Å². The molecule has 9 heteroatoms. The second-order valence-corrected chi connectivity index (χ2v) is 5.61. The third-order valence-corrected chi connectivity index (χ3v) is 3.14. The Labute approximate surface area is 134 Å². The van der Waals surface area contributed by atoms with Crippen LogP contribution in [0.2, 0.25) is 0 Å². The molecule has 3 amide bonds. The van der Waals surface area contributed by atoms with E-state index in [-0.39, 0.29) is 24.8 Å². The third kappa shape index (κ3) is 6.07. The van der Waals surface area contributed by atoms with Crippen LogP contribution in [-0.2, 0) is 14.4 Å². The number of aromatic nitrogens is 1. The summed E-state index contributed by atoms with van der Waals surface area (Å²) in [6, 6.07) is 0.888. The molecule has 1 heterocycles. The maximum atomic E-state index is 11.9. The van der Waals surface area contributed by atoms with Gasteiger partial charge in [0.05, 0.1) is 19.1 Å². The molecular weight excluding hydrogens is 302 g/mol. The van der Waals surface area contributed by atoms with E-state index >= 15 is 0 Å². The van der Waals surface area contributed by atoms with Crippen molar-refractivity contribution in [2.45, 2.75) is 26.8 Å². The lowest BCUT2D eigenvalue weighted by Crippen LogP contribution is -2.48. The second-order valence-electron chi connectivity index (χ2n) is 5.61. The lowest BCUT2D eigenvalue weighted by molar-refractivity contribution is -0.134. The highest BCUT2D eigenvalue weighted by Gasteiger charge is 2.19. The molecule has 0 saturated heterocycles. The van der Waals surface area contributed by atoms with Gasteiger partial charge < -0.3 is 25.8 Å². The Morgan fingerprint density at radius 2 is 2.04 bits per heavy atom. The van der Waals surface area contributed by atoms with E-state index in [0.29, 0.717) is 5.76 Å². The number of rotatable bonds is 7. The minimum absolute atomic E-state index is 0.0282. The molecule has 0 aliphatic heterocycles. The molecule has 1 rings (SSSR count). The zero-order valence-corrected chi connectivity index (χ0v) is 13.8. The van der Waals surface area contributed by atoms with Crippen molar-refractivity contribution in [3.8, 4) is 0 Å². The summed E-state index contributed by atoms with van der Waals surface area (Å²) in [5.41, 5.74) is 5.67. The standard InChI is InChI=1S/C14H23N5O4/c1-8(2)13(15)14(22)16-6-12(21)19(4)7-11(20)17-10-5-9(3)23-18-10/h5,8,13H,6-7,15H2,1-4H3,(H,16,22)(H,17,18,20)/t13-/m0/s1. The Morgan fingerprint density at radius 3 is 2.57 bits per heavy atom. The lowest BCUT2D eigenvalue weighted by Gasteiger charge is -2.18. The molecule has 0 aliphatic carbocycles. The van der Waals surface area contributed by atoms with Crippen molar-refractivity contribution in [1.29, 1.82) is 0 Å². The van der Waals surface area contributed by atoms with E-state index in [2.05, 4.69) is 15.8 Å². The van der Waals surface area contributed by atoms with Gasteiger partial charge in [0.15, 0.2) is 5.82 Å². The Hall–Kier alpha value is -2.42. The molecule has 4 N–H and O–H groups in total. The number of likely N-dealkylation sites (N-methyl/N-ethyl adjacent to an activating group) is 1. The van der Waals surface area contributed by atoms with Gasteiger partial charge in [-0.05, 0) is 12.8 Å². The smallest absolute Gasteiger partial charge is 0.245 e. The van der Waals surface area contributed by atoms with E-state index in [0.717, 1.165) is 0 Å². The van der Waals surface area contributed by atoms with Gasteiger partial charge in [0.25, 0.3) is 0 Å². The summed E-state index contributed by atoms with van der Waals surface area (Å²) in [6.07, 6.45) is 0. The van der Waals surface area contributed by atoms with Crippen LogP contribution in [0, 0.1) is 12.8 Å². The molecule has 1 atom stereocenters. The van der Waals surface area contributed by atoms with E-state index in [1.165, 1.54) is 11.9 Å². The Bertz CT molecular complexity index is 569. The molecule has 23 heavy (non-hydrogen) atoms. The van der Waals surface area contributed by atoms with Crippen LogP contribution >= 0.6 is 0 Å². The first kappa shape index (κ1) is 18.6. The number of amides is 3. The van der Waals surface area contributed by atoms with Gasteiger partial charge in [0, 0.05) is 13.1 Å². The predicted octanol–water partition coefficient (Wildman–Crippen LogP) is -0.521. The summed E-state index contributed by atoms with van der Waals surface area (Å²) in [5.74, 6) is -0.401. The maximum Gasteiger partial charge on any atom is 0.245 e. The number of nitrogens with two attached hydrogens (primary N) is 1. The van der Waals surface area contributed by atoms with Crippen molar-refractivity contribution < 1.29 is 18.9 Å². The van der Waals surface area contributed by atoms with Gasteiger partial charge in [0.1, 0.15) is 5.76 Å². The normalized spacial score (nSPS) is 11.9. The number of carbonyl (C=O) groups excluding carboxylic acids is 3. The molecule has 128 valence electrons. The second kappa shape index (κ2) is 8.28. The highest BCUT2D eigenvalue weighted by atomic mass is 16.5. The molecule has 0 aliphatic rings. The molecule has 0 unspecified atom stereocenters. The number of nitrogens with one attached hydrogen (secondary N) is 2.